The summed E-state index contributed by atoms with van der Waals surface area (Å²) in [6, 6.07) is 4.14. The largest absolute Gasteiger partial charge is 0.478 e. The number of para-hydroxylation sites is 1. The van der Waals surface area contributed by atoms with Gasteiger partial charge in [0.1, 0.15) is 0 Å². The van der Waals surface area contributed by atoms with Gasteiger partial charge in [-0.1, -0.05) is 6.07 Å². The molecule has 0 aromatic heterocycles. The maximum Gasteiger partial charge on any atom is 0.337 e. The molecule has 0 unspecified atom stereocenters. The Morgan fingerprint density at radius 2 is 2.11 bits per heavy atom. The zero-order chi connectivity index (χ0) is 13.7. The highest BCUT2D eigenvalue weighted by atomic mass is 19.3. The van der Waals surface area contributed by atoms with E-state index in [0.717, 1.165) is 4.90 Å². The molecule has 7 heteroatoms. The number of carboxylic acids is 1. The SMILES string of the molecule is Nc1cccc(C(=O)O)c1N(CCO)CC(F)F. The quantitative estimate of drug-likeness (QED) is 0.665. The smallest absolute Gasteiger partial charge is 0.337 e. The van der Waals surface area contributed by atoms with Crippen LogP contribution < -0.4 is 10.6 Å². The maximum absolute atomic E-state index is 12.4. The number of nitrogens with two attached hydrogens (primary N) is 1. The molecule has 0 aliphatic rings. The summed E-state index contributed by atoms with van der Waals surface area (Å²) >= 11 is 0. The molecule has 1 aromatic carbocycles. The van der Waals surface area contributed by atoms with E-state index < -0.39 is 18.9 Å². The predicted molar refractivity (Wildman–Crippen MR) is 63.1 cm³/mol. The molecular weight excluding hydrogens is 246 g/mol. The Morgan fingerprint density at radius 3 is 2.61 bits per heavy atom. The number of aromatic carboxylic acids is 1. The van der Waals surface area contributed by atoms with Crippen molar-refractivity contribution < 1.29 is 23.8 Å². The van der Waals surface area contributed by atoms with Crippen molar-refractivity contribution in [2.45, 2.75) is 6.43 Å². The Bertz CT molecular complexity index is 427. The number of carboxylic acid groups (broad SMARTS) is 1. The van der Waals surface area contributed by atoms with E-state index in [1.165, 1.54) is 18.2 Å². The summed E-state index contributed by atoms with van der Waals surface area (Å²) in [7, 11) is 0. The highest BCUT2D eigenvalue weighted by Crippen LogP contribution is 2.28. The van der Waals surface area contributed by atoms with Crippen molar-refractivity contribution in [3.63, 3.8) is 0 Å². The normalized spacial score (nSPS) is 10.7. The average Bonchev–Trinajstić information content (AvgIpc) is 2.27. The van der Waals surface area contributed by atoms with Crippen molar-refractivity contribution >= 4 is 17.3 Å². The molecule has 0 aliphatic heterocycles. The Kier molecular flexibility index (Phi) is 4.85. The summed E-state index contributed by atoms with van der Waals surface area (Å²) in [5.41, 5.74) is 5.57. The molecule has 18 heavy (non-hydrogen) atoms. The summed E-state index contributed by atoms with van der Waals surface area (Å²) in [4.78, 5) is 12.1. The van der Waals surface area contributed by atoms with Gasteiger partial charge >= 0.3 is 5.97 Å². The van der Waals surface area contributed by atoms with Gasteiger partial charge in [-0.15, -0.1) is 0 Å². The second-order valence-corrected chi connectivity index (χ2v) is 3.61. The Morgan fingerprint density at radius 1 is 1.44 bits per heavy atom. The van der Waals surface area contributed by atoms with Crippen molar-refractivity contribution in [1.29, 1.82) is 0 Å². The van der Waals surface area contributed by atoms with Gasteiger partial charge in [0.2, 0.25) is 0 Å². The van der Waals surface area contributed by atoms with Crippen LogP contribution in [0.1, 0.15) is 10.4 Å². The topological polar surface area (TPSA) is 86.8 Å². The first-order valence-corrected chi connectivity index (χ1v) is 5.23. The molecule has 0 radical (unpaired) electrons. The fourth-order valence-corrected chi connectivity index (χ4v) is 1.67. The monoisotopic (exact) mass is 260 g/mol. The first-order chi connectivity index (χ1) is 8.47. The number of rotatable bonds is 6. The van der Waals surface area contributed by atoms with Crippen LogP contribution in [0.4, 0.5) is 20.2 Å². The minimum Gasteiger partial charge on any atom is -0.478 e. The van der Waals surface area contributed by atoms with Crippen molar-refractivity contribution in [3.8, 4) is 0 Å². The number of aliphatic hydroxyl groups is 1. The molecule has 5 nitrogen and oxygen atoms in total. The molecule has 100 valence electrons. The lowest BCUT2D eigenvalue weighted by Gasteiger charge is -2.26. The lowest BCUT2D eigenvalue weighted by Crippen LogP contribution is -2.33. The standard InChI is InChI=1S/C11H14F2N2O3/c12-9(13)6-15(4-5-16)10-7(11(17)18)2-1-3-8(10)14/h1-3,9,16H,4-6,14H2,(H,17,18). The van der Waals surface area contributed by atoms with Crippen LogP contribution in [-0.2, 0) is 0 Å². The number of carbonyl (C=O) groups is 1. The van der Waals surface area contributed by atoms with Gasteiger partial charge in [0.25, 0.3) is 6.43 Å². The van der Waals surface area contributed by atoms with Crippen molar-refractivity contribution in [1.82, 2.24) is 0 Å². The Hall–Kier alpha value is -1.89. The van der Waals surface area contributed by atoms with Crippen LogP contribution >= 0.6 is 0 Å². The molecule has 0 bridgehead atoms. The van der Waals surface area contributed by atoms with Gasteiger partial charge in [-0.05, 0) is 12.1 Å². The molecule has 1 rings (SSSR count). The van der Waals surface area contributed by atoms with E-state index in [9.17, 15) is 13.6 Å². The highest BCUT2D eigenvalue weighted by Gasteiger charge is 2.21. The molecule has 0 spiro atoms. The van der Waals surface area contributed by atoms with E-state index in [1.54, 1.807) is 0 Å². The summed E-state index contributed by atoms with van der Waals surface area (Å²) in [5, 5.41) is 17.9. The van der Waals surface area contributed by atoms with E-state index in [1.807, 2.05) is 0 Å². The summed E-state index contributed by atoms with van der Waals surface area (Å²) < 4.78 is 24.9. The van der Waals surface area contributed by atoms with E-state index >= 15 is 0 Å². The number of nitrogen functional groups attached to an aromatic ring is 1. The number of anilines is 2. The van der Waals surface area contributed by atoms with Crippen LogP contribution in [0, 0.1) is 0 Å². The molecule has 1 aromatic rings. The number of hydrogen-bond acceptors (Lipinski definition) is 4. The molecule has 0 amide bonds. The number of halogens is 2. The molecule has 0 heterocycles. The van der Waals surface area contributed by atoms with Crippen LogP contribution in [-0.4, -0.2) is 42.3 Å². The van der Waals surface area contributed by atoms with Gasteiger partial charge in [0, 0.05) is 6.54 Å². The van der Waals surface area contributed by atoms with Gasteiger partial charge in [0.05, 0.1) is 30.1 Å². The number of benzene rings is 1. The molecule has 0 fully saturated rings. The molecule has 0 saturated carbocycles. The minimum absolute atomic E-state index is 0.0133. The minimum atomic E-state index is -2.65. The lowest BCUT2D eigenvalue weighted by molar-refractivity contribution is 0.0696. The first kappa shape index (κ1) is 14.2. The molecule has 0 saturated heterocycles. The van der Waals surface area contributed by atoms with Gasteiger partial charge < -0.3 is 20.8 Å². The van der Waals surface area contributed by atoms with Gasteiger partial charge in [0.15, 0.2) is 0 Å². The molecular formula is C11H14F2N2O3. The molecule has 0 atom stereocenters. The summed E-state index contributed by atoms with van der Waals surface area (Å²) in [6.45, 7) is -1.17. The fraction of sp³-hybridized carbons (Fsp3) is 0.364. The zero-order valence-electron chi connectivity index (χ0n) is 9.51. The van der Waals surface area contributed by atoms with E-state index in [4.69, 9.17) is 15.9 Å². The summed E-state index contributed by atoms with van der Waals surface area (Å²) in [6.07, 6.45) is -2.65. The first-order valence-electron chi connectivity index (χ1n) is 5.23. The molecule has 0 aliphatic carbocycles. The van der Waals surface area contributed by atoms with E-state index in [0.29, 0.717) is 0 Å². The zero-order valence-corrected chi connectivity index (χ0v) is 9.51. The van der Waals surface area contributed by atoms with E-state index in [-0.39, 0.29) is 30.1 Å². The van der Waals surface area contributed by atoms with Crippen molar-refractivity contribution in [2.75, 3.05) is 30.3 Å². The summed E-state index contributed by atoms with van der Waals surface area (Å²) in [5.74, 6) is -1.26. The van der Waals surface area contributed by atoms with Crippen molar-refractivity contribution in [2.24, 2.45) is 0 Å². The number of nitrogens with zero attached hydrogens (tertiary/aromatic N) is 1. The van der Waals surface area contributed by atoms with Crippen LogP contribution in [0.15, 0.2) is 18.2 Å². The Labute approximate surface area is 102 Å². The van der Waals surface area contributed by atoms with Crippen LogP contribution in [0.25, 0.3) is 0 Å². The second-order valence-electron chi connectivity index (χ2n) is 3.61. The lowest BCUT2D eigenvalue weighted by atomic mass is 10.1. The van der Waals surface area contributed by atoms with Crippen molar-refractivity contribution in [3.05, 3.63) is 23.8 Å². The third-order valence-corrected chi connectivity index (χ3v) is 2.34. The third-order valence-electron chi connectivity index (χ3n) is 2.34. The number of alkyl halides is 2. The maximum atomic E-state index is 12.4. The molecule has 4 N–H and O–H groups in total. The van der Waals surface area contributed by atoms with Crippen LogP contribution in [0.5, 0.6) is 0 Å². The van der Waals surface area contributed by atoms with Crippen LogP contribution in [0.2, 0.25) is 0 Å². The fourth-order valence-electron chi connectivity index (χ4n) is 1.67. The van der Waals surface area contributed by atoms with Crippen LogP contribution in [0.3, 0.4) is 0 Å². The number of hydrogen-bond donors (Lipinski definition) is 3. The van der Waals surface area contributed by atoms with Gasteiger partial charge in [-0.2, -0.15) is 0 Å². The average molecular weight is 260 g/mol. The van der Waals surface area contributed by atoms with E-state index in [2.05, 4.69) is 0 Å². The highest BCUT2D eigenvalue weighted by molar-refractivity contribution is 5.98. The third kappa shape index (κ3) is 3.30. The number of aliphatic hydroxyl groups excluding tert-OH is 1. The van der Waals surface area contributed by atoms with Gasteiger partial charge in [-0.25, -0.2) is 13.6 Å². The predicted octanol–water partition coefficient (Wildman–Crippen LogP) is 1.03. The van der Waals surface area contributed by atoms with Gasteiger partial charge in [-0.3, -0.25) is 0 Å². The second kappa shape index (κ2) is 6.15. The Balaban J connectivity index is 3.20.